The Hall–Kier alpha value is -1.78. The van der Waals surface area contributed by atoms with Crippen molar-refractivity contribution >= 4 is 47.3 Å². The van der Waals surface area contributed by atoms with E-state index in [9.17, 15) is 9.59 Å². The lowest BCUT2D eigenvalue weighted by Crippen LogP contribution is -2.08. The topological polar surface area (TPSA) is 52.6 Å². The van der Waals surface area contributed by atoms with Gasteiger partial charge in [-0.15, -0.1) is 23.2 Å². The zero-order valence-electron chi connectivity index (χ0n) is 13.7. The number of carbonyl (C=O) groups is 2. The van der Waals surface area contributed by atoms with Crippen molar-refractivity contribution in [2.24, 2.45) is 0 Å². The Morgan fingerprint density at radius 1 is 0.833 bits per heavy atom. The fourth-order valence-electron chi connectivity index (χ4n) is 1.84. The highest BCUT2D eigenvalue weighted by Gasteiger charge is 2.10. The molecule has 0 N–H and O–H groups in total. The number of alkyl halides is 2. The summed E-state index contributed by atoms with van der Waals surface area (Å²) in [5, 5.41) is 0. The molecule has 0 spiro atoms. The maximum atomic E-state index is 11.7. The molecule has 1 rings (SSSR count). The van der Waals surface area contributed by atoms with Gasteiger partial charge in [-0.1, -0.05) is 24.3 Å². The molecule has 0 aliphatic heterocycles. The van der Waals surface area contributed by atoms with Crippen LogP contribution in [0.4, 0.5) is 0 Å². The lowest BCUT2D eigenvalue weighted by Gasteiger charge is -2.05. The fourth-order valence-corrected chi connectivity index (χ4v) is 2.22. The van der Waals surface area contributed by atoms with E-state index in [2.05, 4.69) is 0 Å². The molecule has 0 fully saturated rings. The molecule has 0 aliphatic rings. The molecule has 0 aromatic heterocycles. The number of hydrogen-bond donors (Lipinski definition) is 0. The number of benzene rings is 1. The minimum atomic E-state index is -0.428. The molecule has 1 aromatic rings. The van der Waals surface area contributed by atoms with Gasteiger partial charge in [0.2, 0.25) is 0 Å². The summed E-state index contributed by atoms with van der Waals surface area (Å²) in [6.45, 7) is 4.07. The average Bonchev–Trinajstić information content (AvgIpc) is 2.59. The fraction of sp³-hybridized carbons (Fsp3) is 0.333. The van der Waals surface area contributed by atoms with Crippen LogP contribution < -0.4 is 0 Å². The van der Waals surface area contributed by atoms with Gasteiger partial charge in [-0.3, -0.25) is 0 Å². The molecule has 0 aliphatic carbocycles. The molecule has 0 amide bonds. The summed E-state index contributed by atoms with van der Waals surface area (Å²) in [4.78, 5) is 23.4. The van der Waals surface area contributed by atoms with E-state index in [1.54, 1.807) is 26.0 Å². The Bertz CT molecular complexity index is 563. The molecule has 0 saturated carbocycles. The second-order valence-corrected chi connectivity index (χ2v) is 5.25. The van der Waals surface area contributed by atoms with Crippen molar-refractivity contribution in [3.63, 3.8) is 0 Å². The molecule has 0 heterocycles. The molecular weight excluding hydrogens is 351 g/mol. The zero-order chi connectivity index (χ0) is 17.9. The van der Waals surface area contributed by atoms with Gasteiger partial charge in [0.1, 0.15) is 0 Å². The average molecular weight is 371 g/mol. The first-order valence-electron chi connectivity index (χ1n) is 7.53. The molecule has 130 valence electrons. The van der Waals surface area contributed by atoms with Crippen molar-refractivity contribution in [1.82, 2.24) is 0 Å². The van der Waals surface area contributed by atoms with Crippen molar-refractivity contribution < 1.29 is 19.1 Å². The Kier molecular flexibility index (Phi) is 9.20. The van der Waals surface area contributed by atoms with E-state index in [1.807, 2.05) is 24.3 Å². The Labute approximate surface area is 152 Å². The van der Waals surface area contributed by atoms with Crippen LogP contribution in [-0.4, -0.2) is 36.9 Å². The monoisotopic (exact) mass is 370 g/mol. The predicted octanol–water partition coefficient (Wildman–Crippen LogP) is 4.06. The van der Waals surface area contributed by atoms with Crippen LogP contribution in [-0.2, 0) is 19.1 Å². The Balaban J connectivity index is 2.95. The van der Waals surface area contributed by atoms with Crippen LogP contribution in [0.1, 0.15) is 25.0 Å². The van der Waals surface area contributed by atoms with E-state index in [0.717, 1.165) is 11.1 Å². The van der Waals surface area contributed by atoms with Gasteiger partial charge in [0.25, 0.3) is 0 Å². The third-order valence-electron chi connectivity index (χ3n) is 2.98. The summed E-state index contributed by atoms with van der Waals surface area (Å²) in [6.07, 6.45) is 3.35. The first-order chi connectivity index (χ1) is 11.5. The number of hydrogen-bond acceptors (Lipinski definition) is 4. The SMILES string of the molecule is CCOC(=O)/C(=C/c1ccc(/C=C(\CCl)C(=O)OCC)cc1)CCl. The molecule has 0 bridgehead atoms. The van der Waals surface area contributed by atoms with Crippen LogP contribution >= 0.6 is 23.2 Å². The summed E-state index contributed by atoms with van der Waals surface area (Å²) in [5.74, 6) is -0.717. The van der Waals surface area contributed by atoms with Crippen molar-refractivity contribution in [1.29, 1.82) is 0 Å². The van der Waals surface area contributed by atoms with Crippen molar-refractivity contribution in [2.45, 2.75) is 13.8 Å². The van der Waals surface area contributed by atoms with E-state index in [-0.39, 0.29) is 11.8 Å². The first kappa shape index (κ1) is 20.3. The molecular formula is C18H20Cl2O4. The highest BCUT2D eigenvalue weighted by Crippen LogP contribution is 2.15. The van der Waals surface area contributed by atoms with Crippen LogP contribution in [0.3, 0.4) is 0 Å². The lowest BCUT2D eigenvalue weighted by molar-refractivity contribution is -0.139. The van der Waals surface area contributed by atoms with Gasteiger partial charge >= 0.3 is 11.9 Å². The van der Waals surface area contributed by atoms with Crippen LogP contribution in [0, 0.1) is 0 Å². The smallest absolute Gasteiger partial charge is 0.335 e. The Morgan fingerprint density at radius 2 is 1.17 bits per heavy atom. The number of halogens is 2. The van der Waals surface area contributed by atoms with E-state index in [0.29, 0.717) is 24.4 Å². The maximum Gasteiger partial charge on any atom is 0.335 e. The van der Waals surface area contributed by atoms with Crippen molar-refractivity contribution in [3.05, 3.63) is 46.5 Å². The number of rotatable bonds is 8. The Morgan fingerprint density at radius 3 is 1.42 bits per heavy atom. The summed E-state index contributed by atoms with van der Waals surface area (Å²) in [6, 6.07) is 7.26. The van der Waals surface area contributed by atoms with Gasteiger partial charge in [-0.25, -0.2) is 9.59 Å². The molecule has 1 aromatic carbocycles. The van der Waals surface area contributed by atoms with Gasteiger partial charge in [0.05, 0.1) is 36.1 Å². The number of ether oxygens (including phenoxy) is 2. The van der Waals surface area contributed by atoms with Gasteiger partial charge in [0, 0.05) is 0 Å². The predicted molar refractivity (Wildman–Crippen MR) is 97.1 cm³/mol. The maximum absolute atomic E-state index is 11.7. The van der Waals surface area contributed by atoms with Gasteiger partial charge in [0.15, 0.2) is 0 Å². The van der Waals surface area contributed by atoms with Crippen LogP contribution in [0.15, 0.2) is 35.4 Å². The van der Waals surface area contributed by atoms with E-state index < -0.39 is 11.9 Å². The van der Waals surface area contributed by atoms with Crippen LogP contribution in [0.5, 0.6) is 0 Å². The highest BCUT2D eigenvalue weighted by atomic mass is 35.5. The van der Waals surface area contributed by atoms with Crippen LogP contribution in [0.2, 0.25) is 0 Å². The quantitative estimate of drug-likeness (QED) is 0.393. The normalized spacial score (nSPS) is 12.0. The first-order valence-corrected chi connectivity index (χ1v) is 8.59. The minimum absolute atomic E-state index is 0.0692. The van der Waals surface area contributed by atoms with E-state index in [4.69, 9.17) is 32.7 Å². The third-order valence-corrected chi connectivity index (χ3v) is 3.56. The summed E-state index contributed by atoms with van der Waals surface area (Å²) >= 11 is 11.6. The third kappa shape index (κ3) is 6.38. The second-order valence-electron chi connectivity index (χ2n) is 4.71. The molecule has 0 radical (unpaired) electrons. The van der Waals surface area contributed by atoms with Gasteiger partial charge < -0.3 is 9.47 Å². The standard InChI is InChI=1S/C18H20Cl2O4/c1-3-23-17(21)15(11-19)9-13-5-7-14(8-6-13)10-16(12-20)18(22)24-4-2/h5-10H,3-4,11-12H2,1-2H3/b15-9+,16-10+. The summed E-state index contributed by atoms with van der Waals surface area (Å²) in [5.41, 5.74) is 2.38. The number of carbonyl (C=O) groups excluding carboxylic acids is 2. The summed E-state index contributed by atoms with van der Waals surface area (Å²) in [7, 11) is 0. The molecule has 0 saturated heterocycles. The molecule has 0 atom stereocenters. The van der Waals surface area contributed by atoms with Gasteiger partial charge in [-0.2, -0.15) is 0 Å². The van der Waals surface area contributed by atoms with Crippen molar-refractivity contribution in [3.8, 4) is 0 Å². The second kappa shape index (κ2) is 10.9. The van der Waals surface area contributed by atoms with E-state index in [1.165, 1.54) is 0 Å². The highest BCUT2D eigenvalue weighted by molar-refractivity contribution is 6.23. The number of esters is 2. The van der Waals surface area contributed by atoms with E-state index >= 15 is 0 Å². The summed E-state index contributed by atoms with van der Waals surface area (Å²) < 4.78 is 9.88. The lowest BCUT2D eigenvalue weighted by atomic mass is 10.1. The molecule has 6 heteroatoms. The molecule has 0 unspecified atom stereocenters. The minimum Gasteiger partial charge on any atom is -0.463 e. The van der Waals surface area contributed by atoms with Crippen LogP contribution in [0.25, 0.3) is 12.2 Å². The largest absolute Gasteiger partial charge is 0.463 e. The van der Waals surface area contributed by atoms with Gasteiger partial charge in [-0.05, 0) is 37.1 Å². The molecule has 4 nitrogen and oxygen atoms in total. The zero-order valence-corrected chi connectivity index (χ0v) is 15.2. The molecule has 24 heavy (non-hydrogen) atoms. The van der Waals surface area contributed by atoms with Crippen molar-refractivity contribution in [2.75, 3.05) is 25.0 Å².